The molecule has 0 aliphatic heterocycles. The van der Waals surface area contributed by atoms with Crippen LogP contribution in [0, 0.1) is 0 Å². The SMILES string of the molecule is CCOc1ccc(NS(=O)(=O)c2ccc(C(=O)NCc3cccnc3OCC)cc2)cc1. The Morgan fingerprint density at radius 1 is 0.938 bits per heavy atom. The van der Waals surface area contributed by atoms with Crippen LogP contribution in [0.3, 0.4) is 0 Å². The molecule has 32 heavy (non-hydrogen) atoms. The molecule has 0 radical (unpaired) electrons. The Bertz CT molecular complexity index is 1150. The van der Waals surface area contributed by atoms with Crippen LogP contribution in [0.5, 0.6) is 11.6 Å². The van der Waals surface area contributed by atoms with Gasteiger partial charge < -0.3 is 14.8 Å². The molecule has 0 saturated heterocycles. The maximum atomic E-state index is 12.6. The molecule has 0 atom stereocenters. The van der Waals surface area contributed by atoms with E-state index in [2.05, 4.69) is 15.0 Å². The number of carbonyl (C=O) groups is 1. The number of hydrogen-bond donors (Lipinski definition) is 2. The highest BCUT2D eigenvalue weighted by atomic mass is 32.2. The highest BCUT2D eigenvalue weighted by Crippen LogP contribution is 2.20. The van der Waals surface area contributed by atoms with Gasteiger partial charge >= 0.3 is 0 Å². The first-order valence-corrected chi connectivity index (χ1v) is 11.6. The van der Waals surface area contributed by atoms with E-state index in [0.29, 0.717) is 36.1 Å². The first-order valence-electron chi connectivity index (χ1n) is 10.1. The lowest BCUT2D eigenvalue weighted by atomic mass is 10.2. The number of nitrogens with one attached hydrogen (secondary N) is 2. The third-order valence-corrected chi connectivity index (χ3v) is 5.81. The summed E-state index contributed by atoms with van der Waals surface area (Å²) in [6, 6.07) is 15.9. The highest BCUT2D eigenvalue weighted by Gasteiger charge is 2.16. The molecule has 0 spiro atoms. The number of ether oxygens (including phenoxy) is 2. The van der Waals surface area contributed by atoms with Gasteiger partial charge in [-0.2, -0.15) is 0 Å². The Labute approximate surface area is 187 Å². The predicted molar refractivity (Wildman–Crippen MR) is 121 cm³/mol. The summed E-state index contributed by atoms with van der Waals surface area (Å²) >= 11 is 0. The molecule has 0 aliphatic carbocycles. The molecule has 9 heteroatoms. The molecule has 0 saturated carbocycles. The third-order valence-electron chi connectivity index (χ3n) is 4.41. The molecule has 3 rings (SSSR count). The van der Waals surface area contributed by atoms with E-state index in [4.69, 9.17) is 9.47 Å². The molecule has 3 aromatic rings. The van der Waals surface area contributed by atoms with E-state index in [0.717, 1.165) is 5.56 Å². The summed E-state index contributed by atoms with van der Waals surface area (Å²) < 4.78 is 38.6. The summed E-state index contributed by atoms with van der Waals surface area (Å²) in [6.07, 6.45) is 1.62. The largest absolute Gasteiger partial charge is 0.494 e. The van der Waals surface area contributed by atoms with Crippen LogP contribution in [0.2, 0.25) is 0 Å². The van der Waals surface area contributed by atoms with Gasteiger partial charge in [-0.15, -0.1) is 0 Å². The van der Waals surface area contributed by atoms with Crippen LogP contribution in [-0.2, 0) is 16.6 Å². The molecule has 0 fully saturated rings. The second-order valence-electron chi connectivity index (χ2n) is 6.67. The summed E-state index contributed by atoms with van der Waals surface area (Å²) in [5.41, 5.74) is 1.50. The Morgan fingerprint density at radius 2 is 1.62 bits per heavy atom. The number of aromatic nitrogens is 1. The van der Waals surface area contributed by atoms with E-state index in [-0.39, 0.29) is 17.3 Å². The van der Waals surface area contributed by atoms with Crippen molar-refractivity contribution in [1.29, 1.82) is 0 Å². The number of carbonyl (C=O) groups excluding carboxylic acids is 1. The van der Waals surface area contributed by atoms with Gasteiger partial charge in [0.1, 0.15) is 5.75 Å². The lowest BCUT2D eigenvalue weighted by Gasteiger charge is -2.11. The number of amides is 1. The van der Waals surface area contributed by atoms with Crippen LogP contribution in [-0.4, -0.2) is 32.5 Å². The standard InChI is InChI=1S/C23H25N3O5S/c1-3-30-20-11-9-19(10-12-20)26-32(28,29)21-13-7-17(8-14-21)22(27)25-16-18-6-5-15-24-23(18)31-4-2/h5-15,26H,3-4,16H2,1-2H3,(H,25,27). The molecule has 2 N–H and O–H groups in total. The quantitative estimate of drug-likeness (QED) is 0.484. The fourth-order valence-electron chi connectivity index (χ4n) is 2.89. The van der Waals surface area contributed by atoms with Gasteiger partial charge in [0.15, 0.2) is 0 Å². The lowest BCUT2D eigenvalue weighted by Crippen LogP contribution is -2.23. The molecular weight excluding hydrogens is 430 g/mol. The molecule has 1 aromatic heterocycles. The first kappa shape index (κ1) is 23.1. The average molecular weight is 456 g/mol. The van der Waals surface area contributed by atoms with Crippen molar-refractivity contribution in [3.05, 3.63) is 78.0 Å². The van der Waals surface area contributed by atoms with Gasteiger partial charge in [-0.25, -0.2) is 13.4 Å². The van der Waals surface area contributed by atoms with Crippen LogP contribution in [0.25, 0.3) is 0 Å². The Hall–Kier alpha value is -3.59. The molecule has 168 valence electrons. The molecule has 0 unspecified atom stereocenters. The van der Waals surface area contributed by atoms with Crippen molar-refractivity contribution in [1.82, 2.24) is 10.3 Å². The third kappa shape index (κ3) is 5.98. The van der Waals surface area contributed by atoms with E-state index >= 15 is 0 Å². The molecule has 1 heterocycles. The number of pyridine rings is 1. The van der Waals surface area contributed by atoms with Crippen LogP contribution in [0.15, 0.2) is 71.8 Å². The highest BCUT2D eigenvalue weighted by molar-refractivity contribution is 7.92. The Kier molecular flexibility index (Phi) is 7.67. The van der Waals surface area contributed by atoms with Gasteiger partial charge in [0.05, 0.1) is 18.1 Å². The van der Waals surface area contributed by atoms with Gasteiger partial charge in [-0.1, -0.05) is 6.07 Å². The van der Waals surface area contributed by atoms with Gasteiger partial charge in [-0.05, 0) is 68.4 Å². The van der Waals surface area contributed by atoms with E-state index in [1.165, 1.54) is 24.3 Å². The number of rotatable bonds is 10. The van der Waals surface area contributed by atoms with Crippen molar-refractivity contribution < 1.29 is 22.7 Å². The molecule has 1 amide bonds. The normalized spacial score (nSPS) is 10.9. The minimum Gasteiger partial charge on any atom is -0.494 e. The summed E-state index contributed by atoms with van der Waals surface area (Å²) in [5.74, 6) is 0.794. The topological polar surface area (TPSA) is 107 Å². The molecule has 0 bridgehead atoms. The zero-order valence-electron chi connectivity index (χ0n) is 17.9. The summed E-state index contributed by atoms with van der Waals surface area (Å²) in [4.78, 5) is 16.7. The van der Waals surface area contributed by atoms with Crippen LogP contribution < -0.4 is 19.5 Å². The number of hydrogen-bond acceptors (Lipinski definition) is 6. The summed E-state index contributed by atoms with van der Waals surface area (Å²) in [7, 11) is -3.80. The molecule has 2 aromatic carbocycles. The monoisotopic (exact) mass is 455 g/mol. The fraction of sp³-hybridized carbons (Fsp3) is 0.217. The minimum absolute atomic E-state index is 0.0498. The van der Waals surface area contributed by atoms with Crippen molar-refractivity contribution in [2.45, 2.75) is 25.3 Å². The van der Waals surface area contributed by atoms with Crippen LogP contribution in [0.1, 0.15) is 29.8 Å². The van der Waals surface area contributed by atoms with E-state index in [9.17, 15) is 13.2 Å². The number of sulfonamides is 1. The van der Waals surface area contributed by atoms with E-state index < -0.39 is 10.0 Å². The Morgan fingerprint density at radius 3 is 2.28 bits per heavy atom. The maximum absolute atomic E-state index is 12.6. The fourth-order valence-corrected chi connectivity index (χ4v) is 3.95. The summed E-state index contributed by atoms with van der Waals surface area (Å²) in [6.45, 7) is 4.97. The van der Waals surface area contributed by atoms with E-state index in [1.807, 2.05) is 19.9 Å². The van der Waals surface area contributed by atoms with Crippen molar-refractivity contribution in [3.63, 3.8) is 0 Å². The second kappa shape index (κ2) is 10.6. The minimum atomic E-state index is -3.80. The van der Waals surface area contributed by atoms with Gasteiger partial charge in [-0.3, -0.25) is 9.52 Å². The zero-order chi connectivity index (χ0) is 23.0. The lowest BCUT2D eigenvalue weighted by molar-refractivity contribution is 0.0950. The molecule has 8 nitrogen and oxygen atoms in total. The van der Waals surface area contributed by atoms with Gasteiger partial charge in [0.25, 0.3) is 15.9 Å². The van der Waals surface area contributed by atoms with Gasteiger partial charge in [0, 0.05) is 29.6 Å². The maximum Gasteiger partial charge on any atom is 0.261 e. The average Bonchev–Trinajstić information content (AvgIpc) is 2.80. The van der Waals surface area contributed by atoms with Crippen molar-refractivity contribution >= 4 is 21.6 Å². The molecular formula is C23H25N3O5S. The second-order valence-corrected chi connectivity index (χ2v) is 8.35. The number of benzene rings is 2. The van der Waals surface area contributed by atoms with Crippen LogP contribution >= 0.6 is 0 Å². The van der Waals surface area contributed by atoms with Crippen molar-refractivity contribution in [3.8, 4) is 11.6 Å². The van der Waals surface area contributed by atoms with Crippen molar-refractivity contribution in [2.24, 2.45) is 0 Å². The number of nitrogens with zero attached hydrogens (tertiary/aromatic N) is 1. The number of anilines is 1. The summed E-state index contributed by atoms with van der Waals surface area (Å²) in [5, 5.41) is 2.79. The molecule has 0 aliphatic rings. The van der Waals surface area contributed by atoms with Crippen LogP contribution in [0.4, 0.5) is 5.69 Å². The predicted octanol–water partition coefficient (Wildman–Crippen LogP) is 3.61. The van der Waals surface area contributed by atoms with E-state index in [1.54, 1.807) is 36.5 Å². The smallest absolute Gasteiger partial charge is 0.261 e. The zero-order valence-corrected chi connectivity index (χ0v) is 18.7. The first-order chi connectivity index (χ1) is 15.4. The van der Waals surface area contributed by atoms with Crippen molar-refractivity contribution in [2.75, 3.05) is 17.9 Å². The Balaban J connectivity index is 1.64. The van der Waals surface area contributed by atoms with Gasteiger partial charge in [0.2, 0.25) is 5.88 Å².